The van der Waals surface area contributed by atoms with Crippen molar-refractivity contribution >= 4 is 5.82 Å². The molecule has 1 heterocycles. The summed E-state index contributed by atoms with van der Waals surface area (Å²) < 4.78 is 5.33. The van der Waals surface area contributed by atoms with Gasteiger partial charge in [-0.05, 0) is 26.0 Å². The standard InChI is InChI=1S/C13H15N3O/c1-8-4-5-12(17-3)10(6-8)11-7-15-9(2)16-13(11)14/h4-7H,1-3H3,(H2,14,15,16). The van der Waals surface area contributed by atoms with Crippen LogP contribution in [0.1, 0.15) is 11.4 Å². The SMILES string of the molecule is COc1ccc(C)cc1-c1cnc(C)nc1N. The number of methoxy groups -OCH3 is 1. The van der Waals surface area contributed by atoms with Crippen molar-refractivity contribution in [2.45, 2.75) is 13.8 Å². The van der Waals surface area contributed by atoms with Crippen molar-refractivity contribution in [3.8, 4) is 16.9 Å². The Bertz CT molecular complexity index is 552. The lowest BCUT2D eigenvalue weighted by atomic mass is 10.0. The number of ether oxygens (including phenoxy) is 1. The molecule has 2 aromatic rings. The van der Waals surface area contributed by atoms with Gasteiger partial charge in [0.15, 0.2) is 0 Å². The Kier molecular flexibility index (Phi) is 2.95. The van der Waals surface area contributed by atoms with Crippen molar-refractivity contribution in [3.63, 3.8) is 0 Å². The van der Waals surface area contributed by atoms with E-state index in [0.717, 1.165) is 22.4 Å². The number of nitrogens with zero attached hydrogens (tertiary/aromatic N) is 2. The predicted molar refractivity (Wildman–Crippen MR) is 67.9 cm³/mol. The van der Waals surface area contributed by atoms with Crippen LogP contribution < -0.4 is 10.5 Å². The molecular formula is C13H15N3O. The van der Waals surface area contributed by atoms with Crippen molar-refractivity contribution in [3.05, 3.63) is 35.8 Å². The normalized spacial score (nSPS) is 10.3. The predicted octanol–water partition coefficient (Wildman–Crippen LogP) is 2.35. The fourth-order valence-electron chi connectivity index (χ4n) is 1.73. The van der Waals surface area contributed by atoms with E-state index in [4.69, 9.17) is 10.5 Å². The second kappa shape index (κ2) is 4.41. The number of rotatable bonds is 2. The van der Waals surface area contributed by atoms with Crippen LogP contribution in [0.15, 0.2) is 24.4 Å². The molecule has 0 saturated carbocycles. The Morgan fingerprint density at radius 2 is 1.94 bits per heavy atom. The second-order valence-corrected chi connectivity index (χ2v) is 3.92. The second-order valence-electron chi connectivity index (χ2n) is 3.92. The molecular weight excluding hydrogens is 214 g/mol. The van der Waals surface area contributed by atoms with Gasteiger partial charge in [-0.15, -0.1) is 0 Å². The third-order valence-corrected chi connectivity index (χ3v) is 2.58. The number of hydrogen-bond acceptors (Lipinski definition) is 4. The van der Waals surface area contributed by atoms with Crippen molar-refractivity contribution in [1.29, 1.82) is 0 Å². The van der Waals surface area contributed by atoms with Gasteiger partial charge in [-0.3, -0.25) is 0 Å². The lowest BCUT2D eigenvalue weighted by Crippen LogP contribution is -1.99. The number of nitrogens with two attached hydrogens (primary N) is 1. The van der Waals surface area contributed by atoms with Crippen LogP contribution in [0.2, 0.25) is 0 Å². The molecule has 0 aliphatic carbocycles. The molecule has 2 N–H and O–H groups in total. The van der Waals surface area contributed by atoms with Crippen LogP contribution in [0.25, 0.3) is 11.1 Å². The van der Waals surface area contributed by atoms with E-state index in [1.54, 1.807) is 13.3 Å². The van der Waals surface area contributed by atoms with E-state index < -0.39 is 0 Å². The van der Waals surface area contributed by atoms with Crippen LogP contribution in [0.3, 0.4) is 0 Å². The van der Waals surface area contributed by atoms with Gasteiger partial charge in [0.2, 0.25) is 0 Å². The molecule has 4 nitrogen and oxygen atoms in total. The molecule has 0 bridgehead atoms. The van der Waals surface area contributed by atoms with Gasteiger partial charge in [0.05, 0.1) is 7.11 Å². The summed E-state index contributed by atoms with van der Waals surface area (Å²) in [6, 6.07) is 5.93. The van der Waals surface area contributed by atoms with Gasteiger partial charge in [0.1, 0.15) is 17.4 Å². The van der Waals surface area contributed by atoms with Gasteiger partial charge in [-0.1, -0.05) is 11.6 Å². The monoisotopic (exact) mass is 229 g/mol. The number of benzene rings is 1. The van der Waals surface area contributed by atoms with Gasteiger partial charge < -0.3 is 10.5 Å². The molecule has 2 rings (SSSR count). The zero-order valence-corrected chi connectivity index (χ0v) is 10.2. The molecule has 0 amide bonds. The summed E-state index contributed by atoms with van der Waals surface area (Å²) in [6.07, 6.45) is 1.73. The molecule has 0 saturated heterocycles. The Hall–Kier alpha value is -2.10. The van der Waals surface area contributed by atoms with E-state index in [9.17, 15) is 0 Å². The van der Waals surface area contributed by atoms with Crippen LogP contribution in [0.5, 0.6) is 5.75 Å². The third-order valence-electron chi connectivity index (χ3n) is 2.58. The number of hydrogen-bond donors (Lipinski definition) is 1. The minimum Gasteiger partial charge on any atom is -0.496 e. The summed E-state index contributed by atoms with van der Waals surface area (Å²) in [4.78, 5) is 8.34. The first-order chi connectivity index (χ1) is 8.11. The van der Waals surface area contributed by atoms with E-state index in [1.165, 1.54) is 0 Å². The van der Waals surface area contributed by atoms with Crippen LogP contribution in [-0.4, -0.2) is 17.1 Å². The number of aryl methyl sites for hydroxylation is 2. The molecule has 0 spiro atoms. The summed E-state index contributed by atoms with van der Waals surface area (Å²) in [7, 11) is 1.64. The molecule has 0 atom stereocenters. The highest BCUT2D eigenvalue weighted by atomic mass is 16.5. The van der Waals surface area contributed by atoms with Crippen molar-refractivity contribution in [1.82, 2.24) is 9.97 Å². The van der Waals surface area contributed by atoms with Gasteiger partial charge in [0.25, 0.3) is 0 Å². The van der Waals surface area contributed by atoms with E-state index >= 15 is 0 Å². The van der Waals surface area contributed by atoms with Gasteiger partial charge in [-0.25, -0.2) is 9.97 Å². The van der Waals surface area contributed by atoms with Gasteiger partial charge in [0, 0.05) is 17.3 Å². The highest BCUT2D eigenvalue weighted by Crippen LogP contribution is 2.33. The number of nitrogen functional groups attached to an aromatic ring is 1. The first-order valence-corrected chi connectivity index (χ1v) is 5.36. The lowest BCUT2D eigenvalue weighted by molar-refractivity contribution is 0.416. The smallest absolute Gasteiger partial charge is 0.135 e. The maximum Gasteiger partial charge on any atom is 0.135 e. The van der Waals surface area contributed by atoms with Crippen LogP contribution in [0.4, 0.5) is 5.82 Å². The Morgan fingerprint density at radius 1 is 1.18 bits per heavy atom. The van der Waals surface area contributed by atoms with Crippen LogP contribution in [-0.2, 0) is 0 Å². The van der Waals surface area contributed by atoms with Gasteiger partial charge in [-0.2, -0.15) is 0 Å². The average Bonchev–Trinajstić information content (AvgIpc) is 2.29. The fourth-order valence-corrected chi connectivity index (χ4v) is 1.73. The fraction of sp³-hybridized carbons (Fsp3) is 0.231. The minimum atomic E-state index is 0.474. The summed E-state index contributed by atoms with van der Waals surface area (Å²) in [5.74, 6) is 1.91. The number of anilines is 1. The zero-order valence-electron chi connectivity index (χ0n) is 10.2. The summed E-state index contributed by atoms with van der Waals surface area (Å²) in [5, 5.41) is 0. The van der Waals surface area contributed by atoms with E-state index in [-0.39, 0.29) is 0 Å². The third kappa shape index (κ3) is 2.20. The molecule has 1 aromatic heterocycles. The Labute approximate surface area is 100 Å². The maximum atomic E-state index is 5.92. The highest BCUT2D eigenvalue weighted by Gasteiger charge is 2.10. The molecule has 0 radical (unpaired) electrons. The molecule has 17 heavy (non-hydrogen) atoms. The summed E-state index contributed by atoms with van der Waals surface area (Å²) >= 11 is 0. The molecule has 0 aliphatic heterocycles. The van der Waals surface area contributed by atoms with E-state index in [0.29, 0.717) is 11.6 Å². The molecule has 0 fully saturated rings. The quantitative estimate of drug-likeness (QED) is 0.858. The maximum absolute atomic E-state index is 5.92. The van der Waals surface area contributed by atoms with E-state index in [2.05, 4.69) is 9.97 Å². The molecule has 88 valence electrons. The first-order valence-electron chi connectivity index (χ1n) is 5.36. The molecule has 0 unspecified atom stereocenters. The summed E-state index contributed by atoms with van der Waals surface area (Å²) in [5.41, 5.74) is 8.78. The molecule has 1 aromatic carbocycles. The topological polar surface area (TPSA) is 61.0 Å². The first kappa shape index (κ1) is 11.4. The van der Waals surface area contributed by atoms with Crippen molar-refractivity contribution in [2.75, 3.05) is 12.8 Å². The minimum absolute atomic E-state index is 0.474. The largest absolute Gasteiger partial charge is 0.496 e. The lowest BCUT2D eigenvalue weighted by Gasteiger charge is -2.11. The summed E-state index contributed by atoms with van der Waals surface area (Å²) in [6.45, 7) is 3.84. The average molecular weight is 229 g/mol. The zero-order chi connectivity index (χ0) is 12.4. The molecule has 0 aliphatic rings. The van der Waals surface area contributed by atoms with E-state index in [1.807, 2.05) is 32.0 Å². The van der Waals surface area contributed by atoms with Crippen molar-refractivity contribution in [2.24, 2.45) is 0 Å². The molecule has 4 heteroatoms. The van der Waals surface area contributed by atoms with Crippen LogP contribution >= 0.6 is 0 Å². The van der Waals surface area contributed by atoms with Crippen LogP contribution in [0, 0.1) is 13.8 Å². The highest BCUT2D eigenvalue weighted by molar-refractivity contribution is 5.78. The van der Waals surface area contributed by atoms with Crippen molar-refractivity contribution < 1.29 is 4.74 Å². The Balaban J connectivity index is 2.62. The van der Waals surface area contributed by atoms with Gasteiger partial charge >= 0.3 is 0 Å². The number of aromatic nitrogens is 2. The Morgan fingerprint density at radius 3 is 2.59 bits per heavy atom.